The number of aromatic nitrogens is 4. The number of aromatic amines is 1. The van der Waals surface area contributed by atoms with Crippen LogP contribution in [0.4, 0.5) is 0 Å². The minimum Gasteiger partial charge on any atom is -0.365 e. The third-order valence-corrected chi connectivity index (χ3v) is 4.90. The van der Waals surface area contributed by atoms with Crippen molar-refractivity contribution in [2.24, 2.45) is 5.73 Å². The predicted octanol–water partition coefficient (Wildman–Crippen LogP) is 3.30. The Labute approximate surface area is 170 Å². The van der Waals surface area contributed by atoms with Crippen LogP contribution < -0.4 is 11.2 Å². The van der Waals surface area contributed by atoms with E-state index in [1.807, 2.05) is 60.7 Å². The van der Waals surface area contributed by atoms with Crippen molar-refractivity contribution in [1.29, 1.82) is 0 Å². The number of hydrogen-bond acceptors (Lipinski definition) is 5. The lowest BCUT2D eigenvalue weighted by Crippen LogP contribution is -2.23. The number of primary amides is 1. The lowest BCUT2D eigenvalue weighted by atomic mass is 10.0. The van der Waals surface area contributed by atoms with Gasteiger partial charge in [-0.3, -0.25) is 14.6 Å². The Kier molecular flexibility index (Phi) is 4.07. The van der Waals surface area contributed by atoms with Crippen LogP contribution in [-0.4, -0.2) is 25.8 Å². The van der Waals surface area contributed by atoms with E-state index < -0.39 is 11.3 Å². The van der Waals surface area contributed by atoms with Gasteiger partial charge in [-0.25, -0.2) is 9.97 Å². The molecular formula is C23H15N5O2. The van der Waals surface area contributed by atoms with Crippen molar-refractivity contribution in [3.05, 3.63) is 88.8 Å². The number of nitrogens with two attached hydrogens (primary N) is 1. The highest BCUT2D eigenvalue weighted by atomic mass is 16.2. The molecule has 1 amide bonds. The van der Waals surface area contributed by atoms with Crippen LogP contribution in [0.5, 0.6) is 0 Å². The van der Waals surface area contributed by atoms with Gasteiger partial charge in [0, 0.05) is 28.9 Å². The van der Waals surface area contributed by atoms with E-state index in [-0.39, 0.29) is 16.7 Å². The first-order valence-electron chi connectivity index (χ1n) is 9.25. The van der Waals surface area contributed by atoms with Crippen LogP contribution in [0, 0.1) is 0 Å². The molecule has 0 radical (unpaired) electrons. The van der Waals surface area contributed by atoms with Crippen molar-refractivity contribution in [1.82, 2.24) is 19.9 Å². The summed E-state index contributed by atoms with van der Waals surface area (Å²) in [7, 11) is 0. The van der Waals surface area contributed by atoms with Crippen LogP contribution in [0.1, 0.15) is 10.4 Å². The summed E-state index contributed by atoms with van der Waals surface area (Å²) < 4.78 is 0. The molecule has 5 aromatic rings. The van der Waals surface area contributed by atoms with E-state index in [9.17, 15) is 9.59 Å². The highest BCUT2D eigenvalue weighted by molar-refractivity contribution is 5.96. The smallest absolute Gasteiger partial charge is 0.254 e. The molecule has 0 fully saturated rings. The number of benzene rings is 2. The minimum atomic E-state index is -0.814. The number of pyridine rings is 2. The Morgan fingerprint density at radius 1 is 0.900 bits per heavy atom. The number of nitrogens with one attached hydrogen (secondary N) is 1. The first-order chi connectivity index (χ1) is 14.6. The van der Waals surface area contributed by atoms with Gasteiger partial charge in [0.25, 0.3) is 5.91 Å². The zero-order chi connectivity index (χ0) is 20.7. The maximum atomic E-state index is 12.8. The number of rotatable bonds is 3. The minimum absolute atomic E-state index is 0.0623. The van der Waals surface area contributed by atoms with Gasteiger partial charge in [-0.05, 0) is 18.2 Å². The van der Waals surface area contributed by atoms with Gasteiger partial charge in [0.2, 0.25) is 5.43 Å². The van der Waals surface area contributed by atoms with E-state index in [1.165, 1.54) is 6.20 Å². The average Bonchev–Trinajstić information content (AvgIpc) is 2.78. The first-order valence-corrected chi connectivity index (χ1v) is 9.25. The molecule has 144 valence electrons. The van der Waals surface area contributed by atoms with Crippen molar-refractivity contribution in [3.63, 3.8) is 0 Å². The van der Waals surface area contributed by atoms with E-state index in [0.717, 1.165) is 22.0 Å². The standard InChI is InChI=1S/C23H15N5O2/c24-22(30)16-12-26-23-20(21(16)29)27-19(18(28-23)13-5-2-1-3-6-13)15-8-9-17-14(11-15)7-4-10-25-17/h1-12H,(H2,24,30)(H,26,28,29). The Morgan fingerprint density at radius 3 is 2.50 bits per heavy atom. The normalized spacial score (nSPS) is 11.1. The van der Waals surface area contributed by atoms with Gasteiger partial charge in [0.1, 0.15) is 5.56 Å². The van der Waals surface area contributed by atoms with Crippen LogP contribution in [-0.2, 0) is 0 Å². The number of amides is 1. The summed E-state index contributed by atoms with van der Waals surface area (Å²) in [6.45, 7) is 0. The van der Waals surface area contributed by atoms with Crippen LogP contribution in [0.2, 0.25) is 0 Å². The van der Waals surface area contributed by atoms with Crippen molar-refractivity contribution in [2.75, 3.05) is 0 Å². The number of nitrogens with zero attached hydrogens (tertiary/aromatic N) is 3. The molecule has 0 aliphatic heterocycles. The van der Waals surface area contributed by atoms with Crippen LogP contribution in [0.3, 0.4) is 0 Å². The fraction of sp³-hybridized carbons (Fsp3) is 0. The third-order valence-electron chi connectivity index (χ3n) is 4.90. The molecular weight excluding hydrogens is 378 g/mol. The summed E-state index contributed by atoms with van der Waals surface area (Å²) in [6, 6.07) is 19.2. The molecule has 3 heterocycles. The fourth-order valence-corrected chi connectivity index (χ4v) is 3.43. The highest BCUT2D eigenvalue weighted by Gasteiger charge is 2.18. The van der Waals surface area contributed by atoms with E-state index in [4.69, 9.17) is 5.73 Å². The summed E-state index contributed by atoms with van der Waals surface area (Å²) in [5, 5.41) is 0.940. The second kappa shape index (κ2) is 6.89. The van der Waals surface area contributed by atoms with Gasteiger partial charge in [-0.15, -0.1) is 0 Å². The summed E-state index contributed by atoms with van der Waals surface area (Å²) in [6.07, 6.45) is 3.01. The molecule has 0 bridgehead atoms. The van der Waals surface area contributed by atoms with Crippen LogP contribution in [0.15, 0.2) is 77.9 Å². The van der Waals surface area contributed by atoms with Crippen molar-refractivity contribution < 1.29 is 4.79 Å². The zero-order valence-corrected chi connectivity index (χ0v) is 15.7. The summed E-state index contributed by atoms with van der Waals surface area (Å²) >= 11 is 0. The fourth-order valence-electron chi connectivity index (χ4n) is 3.43. The molecule has 0 saturated carbocycles. The average molecular weight is 393 g/mol. The van der Waals surface area contributed by atoms with Gasteiger partial charge in [-0.1, -0.05) is 42.5 Å². The molecule has 0 atom stereocenters. The largest absolute Gasteiger partial charge is 0.365 e. The number of carbonyl (C=O) groups is 1. The molecule has 7 heteroatoms. The molecule has 3 aromatic heterocycles. The Hall–Kier alpha value is -4.39. The lowest BCUT2D eigenvalue weighted by molar-refractivity contribution is 0.0999. The van der Waals surface area contributed by atoms with Gasteiger partial charge in [-0.2, -0.15) is 0 Å². The van der Waals surface area contributed by atoms with Crippen LogP contribution >= 0.6 is 0 Å². The van der Waals surface area contributed by atoms with E-state index >= 15 is 0 Å². The molecule has 30 heavy (non-hydrogen) atoms. The maximum absolute atomic E-state index is 12.8. The third kappa shape index (κ3) is 2.89. The molecule has 7 nitrogen and oxygen atoms in total. The number of hydrogen-bond donors (Lipinski definition) is 2. The highest BCUT2D eigenvalue weighted by Crippen LogP contribution is 2.31. The molecule has 2 aromatic carbocycles. The van der Waals surface area contributed by atoms with Gasteiger partial charge < -0.3 is 10.7 Å². The van der Waals surface area contributed by atoms with Crippen molar-refractivity contribution >= 4 is 28.0 Å². The number of H-pyrrole nitrogens is 1. The van der Waals surface area contributed by atoms with E-state index in [2.05, 4.69) is 19.9 Å². The van der Waals surface area contributed by atoms with Gasteiger partial charge >= 0.3 is 0 Å². The van der Waals surface area contributed by atoms with E-state index in [1.54, 1.807) is 6.20 Å². The second-order valence-corrected chi connectivity index (χ2v) is 6.79. The summed E-state index contributed by atoms with van der Waals surface area (Å²) in [5.74, 6) is -0.814. The molecule has 0 aliphatic rings. The maximum Gasteiger partial charge on any atom is 0.254 e. The van der Waals surface area contributed by atoms with Crippen molar-refractivity contribution in [2.45, 2.75) is 0 Å². The Morgan fingerprint density at radius 2 is 1.70 bits per heavy atom. The summed E-state index contributed by atoms with van der Waals surface area (Å²) in [5.41, 5.74) is 8.61. The van der Waals surface area contributed by atoms with Crippen molar-refractivity contribution in [3.8, 4) is 22.5 Å². The molecule has 3 N–H and O–H groups in total. The monoisotopic (exact) mass is 393 g/mol. The lowest BCUT2D eigenvalue weighted by Gasteiger charge is -2.11. The topological polar surface area (TPSA) is 115 Å². The Balaban J connectivity index is 1.85. The molecule has 0 aliphatic carbocycles. The second-order valence-electron chi connectivity index (χ2n) is 6.79. The SMILES string of the molecule is NC(=O)c1c[nH]c2nc(-c3ccccc3)c(-c3ccc4ncccc4c3)nc2c1=O. The van der Waals surface area contributed by atoms with Gasteiger partial charge in [0.05, 0.1) is 16.9 Å². The molecule has 0 spiro atoms. The van der Waals surface area contributed by atoms with Gasteiger partial charge in [0.15, 0.2) is 11.2 Å². The molecule has 0 unspecified atom stereocenters. The number of fused-ring (bicyclic) bond motifs is 2. The quantitative estimate of drug-likeness (QED) is 0.488. The first kappa shape index (κ1) is 17.7. The molecule has 5 rings (SSSR count). The number of carbonyl (C=O) groups excluding carboxylic acids is 1. The van der Waals surface area contributed by atoms with E-state index in [0.29, 0.717) is 11.4 Å². The zero-order valence-electron chi connectivity index (χ0n) is 15.7. The predicted molar refractivity (Wildman–Crippen MR) is 115 cm³/mol. The van der Waals surface area contributed by atoms with Crippen LogP contribution in [0.25, 0.3) is 44.6 Å². The summed E-state index contributed by atoms with van der Waals surface area (Å²) in [4.78, 5) is 40.9. The molecule has 0 saturated heterocycles. The Bertz CT molecular complexity index is 1490.